The molecule has 2 saturated carbocycles. The standard InChI is InChI=1S/C16H31NO/c1-13(2)12-17(14-8-6-7-9-14)15-10-4-3-5-11-16(15)18/h13-16,18H,3-12H2,1-2H3. The zero-order valence-electron chi connectivity index (χ0n) is 12.3. The summed E-state index contributed by atoms with van der Waals surface area (Å²) in [6.07, 6.45) is 11.5. The van der Waals surface area contributed by atoms with E-state index in [0.717, 1.165) is 12.5 Å². The Morgan fingerprint density at radius 2 is 1.56 bits per heavy atom. The molecule has 0 aliphatic heterocycles. The van der Waals surface area contributed by atoms with Crippen molar-refractivity contribution in [3.05, 3.63) is 0 Å². The highest BCUT2D eigenvalue weighted by Gasteiger charge is 2.33. The van der Waals surface area contributed by atoms with E-state index in [2.05, 4.69) is 18.7 Å². The van der Waals surface area contributed by atoms with Crippen LogP contribution in [-0.2, 0) is 0 Å². The molecule has 2 aliphatic rings. The van der Waals surface area contributed by atoms with Crippen molar-refractivity contribution in [1.82, 2.24) is 4.90 Å². The number of hydrogen-bond donors (Lipinski definition) is 1. The highest BCUT2D eigenvalue weighted by atomic mass is 16.3. The lowest BCUT2D eigenvalue weighted by Gasteiger charge is -2.39. The quantitative estimate of drug-likeness (QED) is 0.774. The minimum Gasteiger partial charge on any atom is -0.391 e. The van der Waals surface area contributed by atoms with E-state index < -0.39 is 0 Å². The maximum atomic E-state index is 10.5. The molecule has 2 heteroatoms. The molecular weight excluding hydrogens is 222 g/mol. The van der Waals surface area contributed by atoms with Gasteiger partial charge in [0.15, 0.2) is 0 Å². The van der Waals surface area contributed by atoms with Crippen molar-refractivity contribution in [2.75, 3.05) is 6.54 Å². The predicted octanol–water partition coefficient (Wildman–Crippen LogP) is 3.58. The highest BCUT2D eigenvalue weighted by molar-refractivity contribution is 4.88. The van der Waals surface area contributed by atoms with Crippen LogP contribution in [0.15, 0.2) is 0 Å². The van der Waals surface area contributed by atoms with Gasteiger partial charge in [0, 0.05) is 18.6 Å². The van der Waals surface area contributed by atoms with Crippen molar-refractivity contribution in [2.45, 2.75) is 89.8 Å². The second kappa shape index (κ2) is 6.91. The van der Waals surface area contributed by atoms with Crippen molar-refractivity contribution < 1.29 is 5.11 Å². The summed E-state index contributed by atoms with van der Waals surface area (Å²) in [6, 6.07) is 1.20. The van der Waals surface area contributed by atoms with Crippen LogP contribution >= 0.6 is 0 Å². The Labute approximate surface area is 113 Å². The second-order valence-electron chi connectivity index (χ2n) is 6.80. The monoisotopic (exact) mass is 253 g/mol. The summed E-state index contributed by atoms with van der Waals surface area (Å²) in [6.45, 7) is 5.79. The summed E-state index contributed by atoms with van der Waals surface area (Å²) in [7, 11) is 0. The fourth-order valence-corrected chi connectivity index (χ4v) is 3.87. The molecule has 0 spiro atoms. The van der Waals surface area contributed by atoms with Gasteiger partial charge in [-0.15, -0.1) is 0 Å². The first kappa shape index (κ1) is 14.3. The molecular formula is C16H31NO. The minimum atomic E-state index is -0.0770. The van der Waals surface area contributed by atoms with Crippen molar-refractivity contribution in [3.8, 4) is 0 Å². The van der Waals surface area contributed by atoms with Gasteiger partial charge in [-0.1, -0.05) is 46.0 Å². The van der Waals surface area contributed by atoms with E-state index in [1.807, 2.05) is 0 Å². The molecule has 2 fully saturated rings. The topological polar surface area (TPSA) is 23.5 Å². The number of aliphatic hydroxyl groups is 1. The second-order valence-corrected chi connectivity index (χ2v) is 6.80. The summed E-state index contributed by atoms with van der Waals surface area (Å²) in [5, 5.41) is 10.5. The lowest BCUT2D eigenvalue weighted by molar-refractivity contribution is 0.0139. The summed E-state index contributed by atoms with van der Waals surface area (Å²) in [5.41, 5.74) is 0. The van der Waals surface area contributed by atoms with Gasteiger partial charge in [-0.2, -0.15) is 0 Å². The van der Waals surface area contributed by atoms with Crippen LogP contribution in [0.1, 0.15) is 71.6 Å². The van der Waals surface area contributed by atoms with Crippen LogP contribution < -0.4 is 0 Å². The zero-order chi connectivity index (χ0) is 13.0. The third-order valence-corrected chi connectivity index (χ3v) is 4.74. The molecule has 0 radical (unpaired) electrons. The minimum absolute atomic E-state index is 0.0770. The Balaban J connectivity index is 2.04. The lowest BCUT2D eigenvalue weighted by atomic mass is 9.99. The van der Waals surface area contributed by atoms with E-state index >= 15 is 0 Å². The lowest BCUT2D eigenvalue weighted by Crippen LogP contribution is -2.49. The van der Waals surface area contributed by atoms with Gasteiger partial charge in [0.1, 0.15) is 0 Å². The number of hydrogen-bond acceptors (Lipinski definition) is 2. The van der Waals surface area contributed by atoms with Gasteiger partial charge in [0.05, 0.1) is 6.10 Å². The maximum Gasteiger partial charge on any atom is 0.0695 e. The van der Waals surface area contributed by atoms with E-state index in [1.54, 1.807) is 0 Å². The van der Waals surface area contributed by atoms with Crippen LogP contribution in [0.4, 0.5) is 0 Å². The van der Waals surface area contributed by atoms with Crippen LogP contribution in [0.2, 0.25) is 0 Å². The zero-order valence-corrected chi connectivity index (χ0v) is 12.3. The molecule has 2 nitrogen and oxygen atoms in total. The molecule has 0 amide bonds. The molecule has 2 unspecified atom stereocenters. The van der Waals surface area contributed by atoms with Gasteiger partial charge in [0.25, 0.3) is 0 Å². The average Bonchev–Trinajstić information content (AvgIpc) is 2.76. The Hall–Kier alpha value is -0.0800. The van der Waals surface area contributed by atoms with Crippen LogP contribution in [0.5, 0.6) is 0 Å². The Morgan fingerprint density at radius 3 is 2.22 bits per heavy atom. The van der Waals surface area contributed by atoms with Crippen LogP contribution in [-0.4, -0.2) is 34.7 Å². The molecule has 106 valence electrons. The number of nitrogens with zero attached hydrogens (tertiary/aromatic N) is 1. The fraction of sp³-hybridized carbons (Fsp3) is 1.00. The molecule has 1 N–H and O–H groups in total. The summed E-state index contributed by atoms with van der Waals surface area (Å²) < 4.78 is 0. The molecule has 18 heavy (non-hydrogen) atoms. The van der Waals surface area contributed by atoms with E-state index in [0.29, 0.717) is 12.0 Å². The maximum absolute atomic E-state index is 10.5. The molecule has 2 aliphatic carbocycles. The Kier molecular flexibility index (Phi) is 5.50. The summed E-state index contributed by atoms with van der Waals surface area (Å²) in [4.78, 5) is 2.69. The van der Waals surface area contributed by atoms with Gasteiger partial charge in [-0.3, -0.25) is 4.90 Å². The van der Waals surface area contributed by atoms with Gasteiger partial charge in [-0.05, 0) is 31.6 Å². The molecule has 0 saturated heterocycles. The van der Waals surface area contributed by atoms with E-state index in [9.17, 15) is 5.11 Å². The molecule has 0 aromatic carbocycles. The predicted molar refractivity (Wildman–Crippen MR) is 76.7 cm³/mol. The SMILES string of the molecule is CC(C)CN(C1CCCC1)C1CCCCCC1O. The van der Waals surface area contributed by atoms with E-state index in [1.165, 1.54) is 57.9 Å². The third-order valence-electron chi connectivity index (χ3n) is 4.74. The van der Waals surface area contributed by atoms with Crippen LogP contribution in [0.3, 0.4) is 0 Å². The highest BCUT2D eigenvalue weighted by Crippen LogP contribution is 2.31. The summed E-state index contributed by atoms with van der Waals surface area (Å²) in [5.74, 6) is 0.709. The molecule has 0 aromatic heterocycles. The van der Waals surface area contributed by atoms with E-state index in [-0.39, 0.29) is 6.10 Å². The largest absolute Gasteiger partial charge is 0.391 e. The molecule has 0 heterocycles. The molecule has 2 atom stereocenters. The van der Waals surface area contributed by atoms with Gasteiger partial charge >= 0.3 is 0 Å². The van der Waals surface area contributed by atoms with Crippen molar-refractivity contribution in [2.24, 2.45) is 5.92 Å². The first-order chi connectivity index (χ1) is 8.68. The molecule has 0 bridgehead atoms. The first-order valence-electron chi connectivity index (χ1n) is 8.12. The smallest absolute Gasteiger partial charge is 0.0695 e. The molecule has 2 rings (SSSR count). The van der Waals surface area contributed by atoms with Gasteiger partial charge in [0.2, 0.25) is 0 Å². The Bertz CT molecular complexity index is 235. The number of aliphatic hydroxyl groups excluding tert-OH is 1. The van der Waals surface area contributed by atoms with Crippen molar-refractivity contribution in [3.63, 3.8) is 0 Å². The van der Waals surface area contributed by atoms with Crippen molar-refractivity contribution in [1.29, 1.82) is 0 Å². The molecule has 0 aromatic rings. The fourth-order valence-electron chi connectivity index (χ4n) is 3.87. The van der Waals surface area contributed by atoms with Gasteiger partial charge < -0.3 is 5.11 Å². The van der Waals surface area contributed by atoms with Crippen LogP contribution in [0.25, 0.3) is 0 Å². The van der Waals surface area contributed by atoms with Crippen molar-refractivity contribution >= 4 is 0 Å². The third kappa shape index (κ3) is 3.71. The number of rotatable bonds is 4. The Morgan fingerprint density at radius 1 is 0.944 bits per heavy atom. The average molecular weight is 253 g/mol. The van der Waals surface area contributed by atoms with E-state index in [4.69, 9.17) is 0 Å². The summed E-state index contributed by atoms with van der Waals surface area (Å²) >= 11 is 0. The van der Waals surface area contributed by atoms with Crippen LogP contribution in [0, 0.1) is 5.92 Å². The first-order valence-corrected chi connectivity index (χ1v) is 8.12. The van der Waals surface area contributed by atoms with Gasteiger partial charge in [-0.25, -0.2) is 0 Å². The normalized spacial score (nSPS) is 31.2.